The second-order valence-electron chi connectivity index (χ2n) is 8.43. The van der Waals surface area contributed by atoms with Crippen LogP contribution in [0.25, 0.3) is 0 Å². The lowest BCUT2D eigenvalue weighted by Crippen LogP contribution is -2.44. The third kappa shape index (κ3) is 6.42. The molecule has 192 valence electrons. The van der Waals surface area contributed by atoms with Gasteiger partial charge in [-0.25, -0.2) is 4.99 Å². The number of carbonyl (C=O) groups excluding carboxylic acids is 2. The van der Waals surface area contributed by atoms with Crippen molar-refractivity contribution in [1.29, 1.82) is 0 Å². The average molecular weight is 520 g/mol. The molecule has 0 saturated carbocycles. The molecule has 3 aromatic rings. The van der Waals surface area contributed by atoms with Gasteiger partial charge in [0, 0.05) is 12.1 Å². The summed E-state index contributed by atoms with van der Waals surface area (Å²) in [6.07, 6.45) is 0.0528. The molecule has 1 saturated heterocycles. The van der Waals surface area contributed by atoms with Crippen LogP contribution in [0, 0.1) is 6.92 Å². The predicted octanol–water partition coefficient (Wildman–Crippen LogP) is 5.18. The van der Waals surface area contributed by atoms with Crippen molar-refractivity contribution in [3.63, 3.8) is 0 Å². The van der Waals surface area contributed by atoms with Crippen molar-refractivity contribution < 1.29 is 23.8 Å². The van der Waals surface area contributed by atoms with E-state index in [9.17, 15) is 9.59 Å². The van der Waals surface area contributed by atoms with Crippen LogP contribution in [0.3, 0.4) is 0 Å². The molecule has 1 aliphatic rings. The second-order valence-corrected chi connectivity index (χ2v) is 9.60. The summed E-state index contributed by atoms with van der Waals surface area (Å²) in [6.45, 7) is 2.23. The van der Waals surface area contributed by atoms with Crippen LogP contribution >= 0.6 is 11.8 Å². The number of aryl methyl sites for hydroxylation is 1. The molecule has 8 nitrogen and oxygen atoms in total. The molecule has 1 heterocycles. The van der Waals surface area contributed by atoms with Crippen molar-refractivity contribution >= 4 is 40.1 Å². The summed E-state index contributed by atoms with van der Waals surface area (Å²) in [4.78, 5) is 32.8. The van der Waals surface area contributed by atoms with Crippen LogP contribution in [0.5, 0.6) is 17.2 Å². The monoisotopic (exact) mass is 519 g/mol. The molecule has 0 aromatic heterocycles. The number of hydrogen-bond donors (Lipinski definition) is 1. The standard InChI is InChI=1S/C28H29N3O5S/c1-18-6-5-7-21(14-18)29-27(33)25-16-26(32)31(17-19-8-13-23(35-3)24(15-19)36-4)28(37-25)30-20-9-11-22(34-2)12-10-20/h5-15,25H,16-17H2,1-4H3,(H,29,33). The van der Waals surface area contributed by atoms with Crippen LogP contribution < -0.4 is 19.5 Å². The molecule has 0 radical (unpaired) electrons. The van der Waals surface area contributed by atoms with Crippen LogP contribution in [0.1, 0.15) is 17.5 Å². The van der Waals surface area contributed by atoms with E-state index in [1.807, 2.05) is 55.5 Å². The van der Waals surface area contributed by atoms with Crippen LogP contribution in [0.2, 0.25) is 0 Å². The maximum atomic E-state index is 13.4. The molecule has 37 heavy (non-hydrogen) atoms. The van der Waals surface area contributed by atoms with E-state index in [0.717, 1.165) is 11.1 Å². The lowest BCUT2D eigenvalue weighted by molar-refractivity contribution is -0.129. The fourth-order valence-corrected chi connectivity index (χ4v) is 4.97. The van der Waals surface area contributed by atoms with Gasteiger partial charge in [-0.2, -0.15) is 0 Å². The SMILES string of the molecule is COc1ccc(N=C2SC(C(=O)Nc3cccc(C)c3)CC(=O)N2Cc2ccc(OC)c(OC)c2)cc1. The number of anilines is 1. The Morgan fingerprint density at radius 1 is 1.00 bits per heavy atom. The molecule has 1 aliphatic heterocycles. The first-order valence-electron chi connectivity index (χ1n) is 11.7. The summed E-state index contributed by atoms with van der Waals surface area (Å²) in [5, 5.41) is 2.76. The Morgan fingerprint density at radius 3 is 2.43 bits per heavy atom. The summed E-state index contributed by atoms with van der Waals surface area (Å²) in [7, 11) is 4.74. The van der Waals surface area contributed by atoms with Crippen LogP contribution in [0.15, 0.2) is 71.7 Å². The molecule has 0 spiro atoms. The van der Waals surface area contributed by atoms with E-state index in [1.165, 1.54) is 11.8 Å². The molecule has 0 bridgehead atoms. The van der Waals surface area contributed by atoms with Gasteiger partial charge in [-0.15, -0.1) is 0 Å². The van der Waals surface area contributed by atoms with Crippen LogP contribution in [-0.2, 0) is 16.1 Å². The molecule has 4 rings (SSSR count). The average Bonchev–Trinajstić information content (AvgIpc) is 2.90. The largest absolute Gasteiger partial charge is 0.497 e. The van der Waals surface area contributed by atoms with Gasteiger partial charge in [0.05, 0.1) is 33.6 Å². The third-order valence-electron chi connectivity index (χ3n) is 5.80. The Labute approximate surface area is 220 Å². The second kappa shape index (κ2) is 11.8. The number of thioether (sulfide) groups is 1. The normalized spacial score (nSPS) is 16.4. The first kappa shape index (κ1) is 26.1. The van der Waals surface area contributed by atoms with Crippen molar-refractivity contribution in [2.45, 2.75) is 25.1 Å². The number of nitrogens with one attached hydrogen (secondary N) is 1. The summed E-state index contributed by atoms with van der Waals surface area (Å²) >= 11 is 1.27. The van der Waals surface area contributed by atoms with Gasteiger partial charge < -0.3 is 19.5 Å². The van der Waals surface area contributed by atoms with Gasteiger partial charge in [-0.1, -0.05) is 30.0 Å². The minimum absolute atomic E-state index is 0.0528. The Bertz CT molecular complexity index is 1310. The number of rotatable bonds is 8. The van der Waals surface area contributed by atoms with Gasteiger partial charge in [0.15, 0.2) is 16.7 Å². The number of amides is 2. The van der Waals surface area contributed by atoms with E-state index in [2.05, 4.69) is 5.32 Å². The first-order valence-corrected chi connectivity index (χ1v) is 12.6. The van der Waals surface area contributed by atoms with Crippen molar-refractivity contribution in [3.05, 3.63) is 77.9 Å². The molecule has 9 heteroatoms. The highest BCUT2D eigenvalue weighted by Gasteiger charge is 2.36. The molecular weight excluding hydrogens is 490 g/mol. The van der Waals surface area contributed by atoms with Crippen molar-refractivity contribution in [3.8, 4) is 17.2 Å². The van der Waals surface area contributed by atoms with Gasteiger partial charge in [0.25, 0.3) is 0 Å². The zero-order valence-corrected chi connectivity index (χ0v) is 22.0. The highest BCUT2D eigenvalue weighted by atomic mass is 32.2. The van der Waals surface area contributed by atoms with E-state index in [4.69, 9.17) is 19.2 Å². The van der Waals surface area contributed by atoms with E-state index < -0.39 is 5.25 Å². The predicted molar refractivity (Wildman–Crippen MR) is 146 cm³/mol. The smallest absolute Gasteiger partial charge is 0.238 e. The number of ether oxygens (including phenoxy) is 3. The maximum Gasteiger partial charge on any atom is 0.238 e. The molecule has 1 unspecified atom stereocenters. The van der Waals surface area contributed by atoms with E-state index in [0.29, 0.717) is 33.8 Å². The minimum atomic E-state index is -0.619. The molecule has 0 aliphatic carbocycles. The number of hydrogen-bond acceptors (Lipinski definition) is 7. The van der Waals surface area contributed by atoms with Crippen molar-refractivity contribution in [1.82, 2.24) is 4.90 Å². The van der Waals surface area contributed by atoms with Gasteiger partial charge >= 0.3 is 0 Å². The summed E-state index contributed by atoms with van der Waals surface area (Å²) in [5.74, 6) is 1.45. The van der Waals surface area contributed by atoms with Gasteiger partial charge in [0.2, 0.25) is 11.8 Å². The number of nitrogens with zero attached hydrogens (tertiary/aromatic N) is 2. The Morgan fingerprint density at radius 2 is 1.76 bits per heavy atom. The van der Waals surface area contributed by atoms with Crippen LogP contribution in [0.4, 0.5) is 11.4 Å². The highest BCUT2D eigenvalue weighted by Crippen LogP contribution is 2.33. The topological polar surface area (TPSA) is 89.5 Å². The number of aliphatic imine (C=N–C) groups is 1. The van der Waals surface area contributed by atoms with Crippen molar-refractivity contribution in [2.75, 3.05) is 26.6 Å². The lowest BCUT2D eigenvalue weighted by Gasteiger charge is -2.32. The summed E-state index contributed by atoms with van der Waals surface area (Å²) < 4.78 is 16.0. The summed E-state index contributed by atoms with van der Waals surface area (Å²) in [5.41, 5.74) is 3.22. The fourth-order valence-electron chi connectivity index (χ4n) is 3.87. The molecule has 3 aromatic carbocycles. The Hall–Kier alpha value is -3.98. The molecule has 1 fully saturated rings. The number of carbonyl (C=O) groups is 2. The molecule has 1 atom stereocenters. The van der Waals surface area contributed by atoms with E-state index in [1.54, 1.807) is 44.4 Å². The zero-order valence-electron chi connectivity index (χ0n) is 21.2. The minimum Gasteiger partial charge on any atom is -0.497 e. The van der Waals surface area contributed by atoms with Gasteiger partial charge in [0.1, 0.15) is 11.0 Å². The third-order valence-corrected chi connectivity index (χ3v) is 6.99. The molecular formula is C28H29N3O5S. The lowest BCUT2D eigenvalue weighted by atomic mass is 10.1. The van der Waals surface area contributed by atoms with E-state index >= 15 is 0 Å². The summed E-state index contributed by atoms with van der Waals surface area (Å²) in [6, 6.07) is 20.3. The first-order chi connectivity index (χ1) is 17.9. The van der Waals surface area contributed by atoms with E-state index in [-0.39, 0.29) is 24.8 Å². The number of benzene rings is 3. The Balaban J connectivity index is 1.62. The van der Waals surface area contributed by atoms with Gasteiger partial charge in [-0.05, 0) is 66.6 Å². The molecule has 2 amide bonds. The van der Waals surface area contributed by atoms with Crippen molar-refractivity contribution in [2.24, 2.45) is 4.99 Å². The highest BCUT2D eigenvalue weighted by molar-refractivity contribution is 8.15. The van der Waals surface area contributed by atoms with Crippen LogP contribution in [-0.4, -0.2) is 48.5 Å². The number of amidine groups is 1. The zero-order chi connectivity index (χ0) is 26.4. The Kier molecular flexibility index (Phi) is 8.35. The van der Waals surface area contributed by atoms with Gasteiger partial charge in [-0.3, -0.25) is 14.5 Å². The maximum absolute atomic E-state index is 13.4. The number of methoxy groups -OCH3 is 3. The molecule has 1 N–H and O–H groups in total. The fraction of sp³-hybridized carbons (Fsp3) is 0.250. The quantitative estimate of drug-likeness (QED) is 0.441.